The van der Waals surface area contributed by atoms with Gasteiger partial charge in [0.25, 0.3) is 0 Å². The van der Waals surface area contributed by atoms with Crippen LogP contribution in [-0.2, 0) is 0 Å². The largest absolute Gasteiger partial charge is 0.343 e. The minimum Gasteiger partial charge on any atom is -0.343 e. The quantitative estimate of drug-likeness (QED) is 0.791. The average Bonchev–Trinajstić information content (AvgIpc) is 3.10. The molecule has 0 N–H and O–H groups in total. The van der Waals surface area contributed by atoms with E-state index >= 15 is 0 Å². The van der Waals surface area contributed by atoms with Crippen LogP contribution in [0.15, 0.2) is 27.6 Å². The van der Waals surface area contributed by atoms with Crippen molar-refractivity contribution in [1.29, 1.82) is 0 Å². The predicted molar refractivity (Wildman–Crippen MR) is 64.1 cm³/mol. The molecule has 1 aromatic heterocycles. The highest BCUT2D eigenvalue weighted by Gasteiger charge is 2.25. The van der Waals surface area contributed by atoms with Gasteiger partial charge in [0.1, 0.15) is 0 Å². The molecule has 1 saturated carbocycles. The summed E-state index contributed by atoms with van der Waals surface area (Å²) in [7, 11) is 0. The zero-order chi connectivity index (χ0) is 12.2. The van der Waals surface area contributed by atoms with Crippen LogP contribution in [0.2, 0.25) is 0 Å². The van der Waals surface area contributed by atoms with Gasteiger partial charge in [-0.2, -0.15) is 0 Å². The number of benzene rings is 1. The Labute approximate surface area is 104 Å². The lowest BCUT2D eigenvalue weighted by molar-refractivity contribution is 0.510. The zero-order valence-electron chi connectivity index (χ0n) is 8.71. The molecule has 0 radical (unpaired) electrons. The number of fused-ring (bicyclic) bond motifs is 1. The lowest BCUT2D eigenvalue weighted by Gasteiger charge is -2.10. The molecule has 17 heavy (non-hydrogen) atoms. The summed E-state index contributed by atoms with van der Waals surface area (Å²) in [5.41, 5.74) is 0.149. The van der Waals surface area contributed by atoms with E-state index in [4.69, 9.17) is 0 Å². The van der Waals surface area contributed by atoms with Crippen LogP contribution < -0.4 is 5.43 Å². The third-order valence-corrected chi connectivity index (χ3v) is 3.54. The summed E-state index contributed by atoms with van der Waals surface area (Å²) in [5.74, 6) is -1.91. The molecule has 1 aliphatic rings. The maximum Gasteiger partial charge on any atom is 0.203 e. The summed E-state index contributed by atoms with van der Waals surface area (Å²) in [6.07, 6.45) is 3.66. The zero-order valence-corrected chi connectivity index (χ0v) is 10.3. The summed E-state index contributed by atoms with van der Waals surface area (Å²) in [5, 5.41) is 0.213. The van der Waals surface area contributed by atoms with Gasteiger partial charge in [-0.1, -0.05) is 0 Å². The monoisotopic (exact) mass is 299 g/mol. The van der Waals surface area contributed by atoms with Crippen LogP contribution in [0.3, 0.4) is 0 Å². The molecule has 0 atom stereocenters. The Bertz CT molecular complexity index is 676. The van der Waals surface area contributed by atoms with Gasteiger partial charge in [-0.3, -0.25) is 4.79 Å². The van der Waals surface area contributed by atoms with Crippen LogP contribution in [0.25, 0.3) is 10.9 Å². The van der Waals surface area contributed by atoms with Crippen LogP contribution >= 0.6 is 15.9 Å². The Kier molecular flexibility index (Phi) is 2.33. The van der Waals surface area contributed by atoms with Crippen LogP contribution in [0.4, 0.5) is 8.78 Å². The van der Waals surface area contributed by atoms with Gasteiger partial charge in [-0.25, -0.2) is 8.78 Å². The minimum absolute atomic E-state index is 0.213. The van der Waals surface area contributed by atoms with Crippen LogP contribution in [-0.4, -0.2) is 4.57 Å². The molecular weight excluding hydrogens is 292 g/mol. The molecule has 1 aliphatic carbocycles. The van der Waals surface area contributed by atoms with Crippen molar-refractivity contribution in [2.24, 2.45) is 0 Å². The fourth-order valence-electron chi connectivity index (χ4n) is 1.97. The summed E-state index contributed by atoms with van der Waals surface area (Å²) >= 11 is 3.16. The second-order valence-electron chi connectivity index (χ2n) is 4.23. The number of hydrogen-bond donors (Lipinski definition) is 0. The summed E-state index contributed by atoms with van der Waals surface area (Å²) < 4.78 is 28.6. The van der Waals surface area contributed by atoms with E-state index in [9.17, 15) is 13.6 Å². The second kappa shape index (κ2) is 3.63. The van der Waals surface area contributed by atoms with Gasteiger partial charge in [-0.15, -0.1) is 0 Å². The first-order chi connectivity index (χ1) is 8.08. The highest BCUT2D eigenvalue weighted by molar-refractivity contribution is 9.10. The summed E-state index contributed by atoms with van der Waals surface area (Å²) in [6, 6.07) is 2.35. The van der Waals surface area contributed by atoms with Crippen molar-refractivity contribution in [3.05, 3.63) is 44.7 Å². The van der Waals surface area contributed by atoms with Gasteiger partial charge < -0.3 is 4.57 Å². The summed E-state index contributed by atoms with van der Waals surface area (Å²) in [6.45, 7) is 0. The van der Waals surface area contributed by atoms with Crippen LogP contribution in [0, 0.1) is 11.6 Å². The van der Waals surface area contributed by atoms with E-state index in [-0.39, 0.29) is 10.8 Å². The molecule has 0 spiro atoms. The topological polar surface area (TPSA) is 22.0 Å². The van der Waals surface area contributed by atoms with Crippen molar-refractivity contribution in [2.75, 3.05) is 0 Å². The van der Waals surface area contributed by atoms with E-state index in [1.165, 1.54) is 0 Å². The first-order valence-electron chi connectivity index (χ1n) is 5.27. The molecule has 0 bridgehead atoms. The fraction of sp³-hybridized carbons (Fsp3) is 0.250. The molecule has 2 aromatic rings. The van der Waals surface area contributed by atoms with Crippen molar-refractivity contribution in [2.45, 2.75) is 18.9 Å². The first kappa shape index (κ1) is 10.9. The molecular formula is C12H8BrF2NO. The molecule has 1 aromatic carbocycles. The second-order valence-corrected chi connectivity index (χ2v) is 5.08. The molecule has 0 unspecified atom stereocenters. The first-order valence-corrected chi connectivity index (χ1v) is 6.06. The van der Waals surface area contributed by atoms with Gasteiger partial charge in [0.15, 0.2) is 11.6 Å². The number of halogens is 3. The number of pyridine rings is 1. The normalized spacial score (nSPS) is 15.5. The lowest BCUT2D eigenvalue weighted by atomic mass is 10.2. The highest BCUT2D eigenvalue weighted by Crippen LogP contribution is 2.37. The van der Waals surface area contributed by atoms with Gasteiger partial charge in [0.05, 0.1) is 9.99 Å². The third kappa shape index (κ3) is 1.69. The molecule has 2 nitrogen and oxygen atoms in total. The molecule has 5 heteroatoms. The maximum atomic E-state index is 13.2. The van der Waals surface area contributed by atoms with Crippen molar-refractivity contribution >= 4 is 26.8 Å². The molecule has 0 saturated heterocycles. The Morgan fingerprint density at radius 1 is 1.24 bits per heavy atom. The van der Waals surface area contributed by atoms with Crippen molar-refractivity contribution in [3.8, 4) is 0 Å². The number of hydrogen-bond acceptors (Lipinski definition) is 1. The van der Waals surface area contributed by atoms with E-state index < -0.39 is 11.6 Å². The SMILES string of the molecule is O=c1c(Br)cn(C2CC2)c2cc(F)c(F)cc12. The maximum absolute atomic E-state index is 13.2. The molecule has 1 heterocycles. The van der Waals surface area contributed by atoms with Gasteiger partial charge in [-0.05, 0) is 34.8 Å². The number of rotatable bonds is 1. The van der Waals surface area contributed by atoms with E-state index in [1.54, 1.807) is 6.20 Å². The van der Waals surface area contributed by atoms with Crippen LogP contribution in [0.1, 0.15) is 18.9 Å². The molecule has 1 fully saturated rings. The number of aromatic nitrogens is 1. The Morgan fingerprint density at radius 3 is 2.53 bits per heavy atom. The van der Waals surface area contributed by atoms with E-state index in [0.717, 1.165) is 25.0 Å². The molecule has 0 aliphatic heterocycles. The van der Waals surface area contributed by atoms with E-state index in [2.05, 4.69) is 15.9 Å². The van der Waals surface area contributed by atoms with Crippen LogP contribution in [0.5, 0.6) is 0 Å². The lowest BCUT2D eigenvalue weighted by Crippen LogP contribution is -2.10. The minimum atomic E-state index is -0.991. The average molecular weight is 300 g/mol. The molecule has 88 valence electrons. The standard InChI is InChI=1S/C12H8BrF2NO/c13-8-5-16(6-1-2-6)11-4-10(15)9(14)3-7(11)12(8)17/h3-6H,1-2H2. The highest BCUT2D eigenvalue weighted by atomic mass is 79.9. The summed E-state index contributed by atoms with van der Waals surface area (Å²) in [4.78, 5) is 11.8. The molecule has 0 amide bonds. The Hall–Kier alpha value is -1.23. The van der Waals surface area contributed by atoms with Gasteiger partial charge >= 0.3 is 0 Å². The number of nitrogens with zero attached hydrogens (tertiary/aromatic N) is 1. The smallest absolute Gasteiger partial charge is 0.203 e. The molecule has 3 rings (SSSR count). The van der Waals surface area contributed by atoms with Gasteiger partial charge in [0.2, 0.25) is 5.43 Å². The van der Waals surface area contributed by atoms with Crippen molar-refractivity contribution in [1.82, 2.24) is 4.57 Å². The third-order valence-electron chi connectivity index (χ3n) is 2.97. The predicted octanol–water partition coefficient (Wildman–Crippen LogP) is 3.38. The Morgan fingerprint density at radius 2 is 1.88 bits per heavy atom. The Balaban J connectivity index is 2.45. The van der Waals surface area contributed by atoms with E-state index in [0.29, 0.717) is 16.0 Å². The van der Waals surface area contributed by atoms with E-state index in [1.807, 2.05) is 4.57 Å². The fourth-order valence-corrected chi connectivity index (χ4v) is 2.40. The van der Waals surface area contributed by atoms with Crippen molar-refractivity contribution < 1.29 is 8.78 Å². The van der Waals surface area contributed by atoms with Crippen molar-refractivity contribution in [3.63, 3.8) is 0 Å². The van der Waals surface area contributed by atoms with Gasteiger partial charge in [0, 0.05) is 23.7 Å².